The SMILES string of the molecule is CNC(C)Cc1[nH]c(=O)nc2c(F)cccc12. The number of hydrogen-bond acceptors (Lipinski definition) is 3. The Labute approximate surface area is 97.9 Å². The Bertz CT molecular complexity index is 594. The van der Waals surface area contributed by atoms with Crippen molar-refractivity contribution in [1.29, 1.82) is 0 Å². The summed E-state index contributed by atoms with van der Waals surface area (Å²) in [5, 5.41) is 3.73. The van der Waals surface area contributed by atoms with E-state index < -0.39 is 11.5 Å². The monoisotopic (exact) mass is 235 g/mol. The molecule has 0 aliphatic heterocycles. The highest BCUT2D eigenvalue weighted by molar-refractivity contribution is 5.81. The quantitative estimate of drug-likeness (QED) is 0.840. The molecule has 0 saturated carbocycles. The van der Waals surface area contributed by atoms with Gasteiger partial charge in [0.15, 0.2) is 0 Å². The first-order chi connectivity index (χ1) is 8.11. The minimum absolute atomic E-state index is 0.134. The van der Waals surface area contributed by atoms with Gasteiger partial charge in [-0.15, -0.1) is 0 Å². The number of rotatable bonds is 3. The Hall–Kier alpha value is -1.75. The fourth-order valence-electron chi connectivity index (χ4n) is 1.77. The molecule has 2 aromatic rings. The van der Waals surface area contributed by atoms with Crippen LogP contribution in [0.2, 0.25) is 0 Å². The number of hydrogen-bond donors (Lipinski definition) is 2. The van der Waals surface area contributed by atoms with Crippen LogP contribution < -0.4 is 11.0 Å². The molecular formula is C12H14FN3O. The van der Waals surface area contributed by atoms with Crippen LogP contribution in [0.4, 0.5) is 4.39 Å². The maximum Gasteiger partial charge on any atom is 0.345 e. The van der Waals surface area contributed by atoms with Gasteiger partial charge in [0, 0.05) is 23.5 Å². The molecule has 0 spiro atoms. The van der Waals surface area contributed by atoms with Gasteiger partial charge in [0.2, 0.25) is 0 Å². The maximum absolute atomic E-state index is 13.5. The van der Waals surface area contributed by atoms with E-state index in [9.17, 15) is 9.18 Å². The molecule has 1 atom stereocenters. The number of fused-ring (bicyclic) bond motifs is 1. The van der Waals surface area contributed by atoms with E-state index in [-0.39, 0.29) is 11.6 Å². The van der Waals surface area contributed by atoms with Gasteiger partial charge in [0.1, 0.15) is 11.3 Å². The van der Waals surface area contributed by atoms with Gasteiger partial charge in [-0.25, -0.2) is 9.18 Å². The van der Waals surface area contributed by atoms with E-state index in [1.165, 1.54) is 6.07 Å². The van der Waals surface area contributed by atoms with E-state index in [1.807, 2.05) is 14.0 Å². The lowest BCUT2D eigenvalue weighted by molar-refractivity contribution is 0.600. The number of nitrogens with one attached hydrogen (secondary N) is 2. The first-order valence-corrected chi connectivity index (χ1v) is 5.46. The Morgan fingerprint density at radius 1 is 1.53 bits per heavy atom. The molecule has 17 heavy (non-hydrogen) atoms. The van der Waals surface area contributed by atoms with Crippen LogP contribution in [-0.2, 0) is 6.42 Å². The van der Waals surface area contributed by atoms with Crippen molar-refractivity contribution in [2.75, 3.05) is 7.05 Å². The van der Waals surface area contributed by atoms with Crippen LogP contribution in [0.15, 0.2) is 23.0 Å². The topological polar surface area (TPSA) is 57.8 Å². The number of para-hydroxylation sites is 1. The standard InChI is InChI=1S/C12H14FN3O/c1-7(14-2)6-10-8-4-3-5-9(13)11(8)16-12(17)15-10/h3-5,7,14H,6H2,1-2H3,(H,15,16,17). The number of aromatic amines is 1. The van der Waals surface area contributed by atoms with Crippen molar-refractivity contribution in [1.82, 2.24) is 15.3 Å². The molecule has 2 N–H and O–H groups in total. The van der Waals surface area contributed by atoms with Crippen LogP contribution in [0.3, 0.4) is 0 Å². The van der Waals surface area contributed by atoms with E-state index in [4.69, 9.17) is 0 Å². The minimum atomic E-state index is -0.513. The second-order valence-corrected chi connectivity index (χ2v) is 4.05. The molecular weight excluding hydrogens is 221 g/mol. The summed E-state index contributed by atoms with van der Waals surface area (Å²) >= 11 is 0. The summed E-state index contributed by atoms with van der Waals surface area (Å²) in [6.45, 7) is 1.99. The van der Waals surface area contributed by atoms with Gasteiger partial charge in [0.25, 0.3) is 0 Å². The molecule has 4 nitrogen and oxygen atoms in total. The second kappa shape index (κ2) is 4.63. The number of benzene rings is 1. The summed E-state index contributed by atoms with van der Waals surface area (Å²) in [7, 11) is 1.84. The normalized spacial score (nSPS) is 12.9. The third kappa shape index (κ3) is 2.34. The van der Waals surface area contributed by atoms with Gasteiger partial charge in [-0.05, 0) is 20.0 Å². The summed E-state index contributed by atoms with van der Waals surface area (Å²) in [5.41, 5.74) is 0.330. The molecule has 2 rings (SSSR count). The van der Waals surface area contributed by atoms with Gasteiger partial charge < -0.3 is 10.3 Å². The summed E-state index contributed by atoms with van der Waals surface area (Å²) in [6.07, 6.45) is 0.619. The molecule has 90 valence electrons. The third-order valence-corrected chi connectivity index (χ3v) is 2.79. The fourth-order valence-corrected chi connectivity index (χ4v) is 1.77. The lowest BCUT2D eigenvalue weighted by Crippen LogP contribution is -2.26. The number of halogens is 1. The summed E-state index contributed by atoms with van der Waals surface area (Å²) in [4.78, 5) is 17.7. The summed E-state index contributed by atoms with van der Waals surface area (Å²) < 4.78 is 13.5. The Kier molecular flexibility index (Phi) is 3.19. The van der Waals surface area contributed by atoms with Crippen molar-refractivity contribution < 1.29 is 4.39 Å². The van der Waals surface area contributed by atoms with E-state index in [0.29, 0.717) is 17.5 Å². The van der Waals surface area contributed by atoms with Crippen molar-refractivity contribution in [2.45, 2.75) is 19.4 Å². The maximum atomic E-state index is 13.5. The Balaban J connectivity index is 2.62. The molecule has 1 heterocycles. The lowest BCUT2D eigenvalue weighted by Gasteiger charge is -2.11. The minimum Gasteiger partial charge on any atom is -0.317 e. The molecule has 1 aromatic carbocycles. The molecule has 0 aliphatic carbocycles. The van der Waals surface area contributed by atoms with Crippen molar-refractivity contribution in [2.24, 2.45) is 0 Å². The van der Waals surface area contributed by atoms with Gasteiger partial charge in [0.05, 0.1) is 0 Å². The summed E-state index contributed by atoms with van der Waals surface area (Å²) in [6, 6.07) is 4.88. The average molecular weight is 235 g/mol. The molecule has 0 radical (unpaired) electrons. The molecule has 0 fully saturated rings. The van der Waals surface area contributed by atoms with Gasteiger partial charge in [-0.2, -0.15) is 4.98 Å². The predicted octanol–water partition coefficient (Wildman–Crippen LogP) is 1.21. The van der Waals surface area contributed by atoms with Crippen LogP contribution in [-0.4, -0.2) is 23.1 Å². The van der Waals surface area contributed by atoms with Crippen molar-refractivity contribution in [3.63, 3.8) is 0 Å². The largest absolute Gasteiger partial charge is 0.345 e. The van der Waals surface area contributed by atoms with Crippen LogP contribution in [0.1, 0.15) is 12.6 Å². The first-order valence-electron chi connectivity index (χ1n) is 5.46. The zero-order chi connectivity index (χ0) is 12.4. The van der Waals surface area contributed by atoms with Gasteiger partial charge >= 0.3 is 5.69 Å². The van der Waals surface area contributed by atoms with Crippen LogP contribution in [0, 0.1) is 5.82 Å². The first kappa shape index (κ1) is 11.7. The lowest BCUT2D eigenvalue weighted by atomic mass is 10.1. The molecule has 0 bridgehead atoms. The zero-order valence-corrected chi connectivity index (χ0v) is 9.75. The van der Waals surface area contributed by atoms with Crippen LogP contribution in [0.5, 0.6) is 0 Å². The number of likely N-dealkylation sites (N-methyl/N-ethyl adjacent to an activating group) is 1. The van der Waals surface area contributed by atoms with Crippen molar-refractivity contribution in [3.05, 3.63) is 40.2 Å². The van der Waals surface area contributed by atoms with Crippen molar-refractivity contribution in [3.8, 4) is 0 Å². The number of aromatic nitrogens is 2. The van der Waals surface area contributed by atoms with E-state index in [0.717, 1.165) is 0 Å². The van der Waals surface area contributed by atoms with E-state index >= 15 is 0 Å². The smallest absolute Gasteiger partial charge is 0.317 e. The van der Waals surface area contributed by atoms with E-state index in [1.54, 1.807) is 12.1 Å². The highest BCUT2D eigenvalue weighted by Gasteiger charge is 2.10. The number of nitrogens with zero attached hydrogens (tertiary/aromatic N) is 1. The fraction of sp³-hybridized carbons (Fsp3) is 0.333. The van der Waals surface area contributed by atoms with Crippen LogP contribution in [0.25, 0.3) is 10.9 Å². The molecule has 0 saturated heterocycles. The number of H-pyrrole nitrogens is 1. The summed E-state index contributed by atoms with van der Waals surface area (Å²) in [5.74, 6) is -0.466. The Morgan fingerprint density at radius 3 is 3.00 bits per heavy atom. The van der Waals surface area contributed by atoms with Crippen molar-refractivity contribution >= 4 is 10.9 Å². The molecule has 0 aliphatic rings. The predicted molar refractivity (Wildman–Crippen MR) is 64.5 cm³/mol. The van der Waals surface area contributed by atoms with Gasteiger partial charge in [-0.1, -0.05) is 12.1 Å². The molecule has 1 aromatic heterocycles. The average Bonchev–Trinajstić information content (AvgIpc) is 2.30. The van der Waals surface area contributed by atoms with Crippen LogP contribution >= 0.6 is 0 Å². The second-order valence-electron chi connectivity index (χ2n) is 4.05. The zero-order valence-electron chi connectivity index (χ0n) is 9.75. The third-order valence-electron chi connectivity index (χ3n) is 2.79. The molecule has 0 amide bonds. The highest BCUT2D eigenvalue weighted by Crippen LogP contribution is 2.17. The Morgan fingerprint density at radius 2 is 2.29 bits per heavy atom. The highest BCUT2D eigenvalue weighted by atomic mass is 19.1. The van der Waals surface area contributed by atoms with Gasteiger partial charge in [-0.3, -0.25) is 0 Å². The van der Waals surface area contributed by atoms with E-state index in [2.05, 4.69) is 15.3 Å². The molecule has 1 unspecified atom stereocenters. The molecule has 5 heteroatoms.